The van der Waals surface area contributed by atoms with Crippen LogP contribution >= 0.6 is 0 Å². The van der Waals surface area contributed by atoms with E-state index < -0.39 is 6.09 Å². The molecule has 27 heavy (non-hydrogen) atoms. The molecule has 138 valence electrons. The summed E-state index contributed by atoms with van der Waals surface area (Å²) in [7, 11) is 1.54. The summed E-state index contributed by atoms with van der Waals surface area (Å²) in [4.78, 5) is 25.5. The Bertz CT molecular complexity index is 935. The summed E-state index contributed by atoms with van der Waals surface area (Å²) in [5.74, 6) is -0.242. The zero-order valence-corrected chi connectivity index (χ0v) is 15.5. The van der Waals surface area contributed by atoms with Crippen LogP contribution in [0.2, 0.25) is 0 Å². The van der Waals surface area contributed by atoms with Crippen molar-refractivity contribution in [2.75, 3.05) is 13.6 Å². The highest BCUT2D eigenvalue weighted by Crippen LogP contribution is 2.20. The number of carbonyl (C=O) groups is 2. The molecule has 3 aromatic rings. The maximum atomic E-state index is 13.1. The first kappa shape index (κ1) is 18.5. The van der Waals surface area contributed by atoms with Gasteiger partial charge in [-0.15, -0.1) is 0 Å². The molecule has 0 aliphatic heterocycles. The van der Waals surface area contributed by atoms with Gasteiger partial charge in [0, 0.05) is 19.2 Å². The Balaban J connectivity index is 1.76. The number of hydrogen-bond donors (Lipinski definition) is 0. The predicted octanol–water partition coefficient (Wildman–Crippen LogP) is 4.49. The van der Waals surface area contributed by atoms with Crippen LogP contribution in [0, 0.1) is 0 Å². The van der Waals surface area contributed by atoms with E-state index in [0.717, 1.165) is 16.3 Å². The SMILES string of the molecule is CCN(C(=O)c1cccc2ccccc12)N(C)C(=O)OCc1ccccc1. The quantitative estimate of drug-likeness (QED) is 0.643. The van der Waals surface area contributed by atoms with Gasteiger partial charge in [-0.1, -0.05) is 66.7 Å². The monoisotopic (exact) mass is 362 g/mol. The summed E-state index contributed by atoms with van der Waals surface area (Å²) in [6.45, 7) is 2.33. The molecule has 0 aliphatic carbocycles. The Morgan fingerprint density at radius 3 is 2.30 bits per heavy atom. The standard InChI is InChI=1S/C22H22N2O3/c1-3-24(23(2)22(26)27-16-17-10-5-4-6-11-17)21(25)20-15-9-13-18-12-7-8-14-19(18)20/h4-15H,3,16H2,1-2H3. The van der Waals surface area contributed by atoms with Crippen LogP contribution in [0.5, 0.6) is 0 Å². The van der Waals surface area contributed by atoms with Crippen LogP contribution in [0.3, 0.4) is 0 Å². The Hall–Kier alpha value is -3.34. The van der Waals surface area contributed by atoms with Crippen molar-refractivity contribution in [2.24, 2.45) is 0 Å². The van der Waals surface area contributed by atoms with Crippen molar-refractivity contribution in [3.8, 4) is 0 Å². The molecule has 0 fully saturated rings. The van der Waals surface area contributed by atoms with Crippen molar-refractivity contribution in [1.29, 1.82) is 0 Å². The predicted molar refractivity (Wildman–Crippen MR) is 105 cm³/mol. The lowest BCUT2D eigenvalue weighted by Gasteiger charge is -2.30. The van der Waals surface area contributed by atoms with E-state index >= 15 is 0 Å². The van der Waals surface area contributed by atoms with Gasteiger partial charge in [-0.3, -0.25) is 4.79 Å². The second-order valence-corrected chi connectivity index (χ2v) is 6.11. The van der Waals surface area contributed by atoms with E-state index in [9.17, 15) is 9.59 Å². The maximum absolute atomic E-state index is 13.1. The third-order valence-corrected chi connectivity index (χ3v) is 4.39. The summed E-state index contributed by atoms with van der Waals surface area (Å²) in [5.41, 5.74) is 1.44. The molecule has 0 radical (unpaired) electrons. The van der Waals surface area contributed by atoms with Crippen molar-refractivity contribution >= 4 is 22.8 Å². The van der Waals surface area contributed by atoms with Crippen LogP contribution in [0.1, 0.15) is 22.8 Å². The molecule has 0 atom stereocenters. The molecule has 5 nitrogen and oxygen atoms in total. The third-order valence-electron chi connectivity index (χ3n) is 4.39. The molecule has 0 saturated carbocycles. The minimum atomic E-state index is -0.575. The number of rotatable bonds is 4. The zero-order valence-electron chi connectivity index (χ0n) is 15.5. The fourth-order valence-corrected chi connectivity index (χ4v) is 2.95. The van der Waals surface area contributed by atoms with Crippen molar-refractivity contribution in [3.05, 3.63) is 83.9 Å². The van der Waals surface area contributed by atoms with Crippen LogP contribution in [-0.2, 0) is 11.3 Å². The lowest BCUT2D eigenvalue weighted by molar-refractivity contribution is 0.00146. The lowest BCUT2D eigenvalue weighted by Crippen LogP contribution is -2.47. The van der Waals surface area contributed by atoms with Crippen LogP contribution < -0.4 is 0 Å². The van der Waals surface area contributed by atoms with Crippen molar-refractivity contribution < 1.29 is 14.3 Å². The molecule has 0 bridgehead atoms. The van der Waals surface area contributed by atoms with Crippen molar-refractivity contribution in [2.45, 2.75) is 13.5 Å². The van der Waals surface area contributed by atoms with Gasteiger partial charge in [0.1, 0.15) is 6.61 Å². The molecule has 3 aromatic carbocycles. The summed E-state index contributed by atoms with van der Waals surface area (Å²) in [6, 6.07) is 22.7. The molecule has 0 aromatic heterocycles. The fourth-order valence-electron chi connectivity index (χ4n) is 2.95. The maximum Gasteiger partial charge on any atom is 0.428 e. The van der Waals surface area contributed by atoms with E-state index in [1.165, 1.54) is 10.0 Å². The molecule has 0 heterocycles. The Labute approximate surface area is 158 Å². The summed E-state index contributed by atoms with van der Waals surface area (Å²) >= 11 is 0. The molecule has 5 heteroatoms. The van der Waals surface area contributed by atoms with Gasteiger partial charge in [0.25, 0.3) is 5.91 Å². The molecule has 2 amide bonds. The van der Waals surface area contributed by atoms with Gasteiger partial charge in [0.15, 0.2) is 0 Å². The molecule has 0 N–H and O–H groups in total. The van der Waals surface area contributed by atoms with Gasteiger partial charge in [-0.05, 0) is 29.3 Å². The van der Waals surface area contributed by atoms with E-state index in [4.69, 9.17) is 4.74 Å². The first-order chi connectivity index (χ1) is 13.1. The average Bonchev–Trinajstić information content (AvgIpc) is 2.72. The van der Waals surface area contributed by atoms with E-state index in [-0.39, 0.29) is 12.5 Å². The van der Waals surface area contributed by atoms with Gasteiger partial charge >= 0.3 is 6.09 Å². The normalized spacial score (nSPS) is 10.4. The third kappa shape index (κ3) is 4.08. The molecule has 0 unspecified atom stereocenters. The molecule has 3 rings (SSSR count). The minimum absolute atomic E-state index is 0.157. The van der Waals surface area contributed by atoms with Gasteiger partial charge < -0.3 is 4.74 Å². The number of amides is 2. The van der Waals surface area contributed by atoms with E-state index in [0.29, 0.717) is 12.1 Å². The van der Waals surface area contributed by atoms with Gasteiger partial charge in [-0.2, -0.15) is 0 Å². The summed E-state index contributed by atoms with van der Waals surface area (Å²) < 4.78 is 5.34. The number of hydrogen-bond acceptors (Lipinski definition) is 3. The number of nitrogens with zero attached hydrogens (tertiary/aromatic N) is 2. The highest BCUT2D eigenvalue weighted by atomic mass is 16.6. The van der Waals surface area contributed by atoms with Crippen LogP contribution in [0.25, 0.3) is 10.8 Å². The Morgan fingerprint density at radius 1 is 0.889 bits per heavy atom. The molecular weight excluding hydrogens is 340 g/mol. The van der Waals surface area contributed by atoms with E-state index in [2.05, 4.69) is 0 Å². The van der Waals surface area contributed by atoms with Gasteiger partial charge in [0.05, 0.1) is 0 Å². The summed E-state index contributed by atoms with van der Waals surface area (Å²) in [6.07, 6.45) is -0.575. The number of ether oxygens (including phenoxy) is 1. The highest BCUT2D eigenvalue weighted by molar-refractivity contribution is 6.07. The number of fused-ring (bicyclic) bond motifs is 1. The molecule has 0 spiro atoms. The highest BCUT2D eigenvalue weighted by Gasteiger charge is 2.24. The van der Waals surface area contributed by atoms with Gasteiger partial charge in [0.2, 0.25) is 0 Å². The van der Waals surface area contributed by atoms with E-state index in [1.54, 1.807) is 13.1 Å². The smallest absolute Gasteiger partial charge is 0.428 e. The van der Waals surface area contributed by atoms with Crippen molar-refractivity contribution in [1.82, 2.24) is 10.0 Å². The number of benzene rings is 3. The Kier molecular flexibility index (Phi) is 5.71. The molecule has 0 saturated heterocycles. The molecule has 0 aliphatic rings. The fraction of sp³-hybridized carbons (Fsp3) is 0.182. The molecular formula is C22H22N2O3. The largest absolute Gasteiger partial charge is 0.443 e. The lowest BCUT2D eigenvalue weighted by atomic mass is 10.0. The number of carbonyl (C=O) groups excluding carboxylic acids is 2. The van der Waals surface area contributed by atoms with E-state index in [1.807, 2.05) is 73.7 Å². The van der Waals surface area contributed by atoms with Crippen molar-refractivity contribution in [3.63, 3.8) is 0 Å². The van der Waals surface area contributed by atoms with Crippen LogP contribution in [0.15, 0.2) is 72.8 Å². The summed E-state index contributed by atoms with van der Waals surface area (Å²) in [5, 5.41) is 4.45. The topological polar surface area (TPSA) is 49.9 Å². The number of hydrazine groups is 1. The zero-order chi connectivity index (χ0) is 19.2. The first-order valence-electron chi connectivity index (χ1n) is 8.85. The van der Waals surface area contributed by atoms with Crippen LogP contribution in [0.4, 0.5) is 4.79 Å². The average molecular weight is 362 g/mol. The second kappa shape index (κ2) is 8.36. The minimum Gasteiger partial charge on any atom is -0.443 e. The first-order valence-corrected chi connectivity index (χ1v) is 8.85. The van der Waals surface area contributed by atoms with Gasteiger partial charge in [-0.25, -0.2) is 14.8 Å². The Morgan fingerprint density at radius 2 is 1.56 bits per heavy atom. The second-order valence-electron chi connectivity index (χ2n) is 6.11. The van der Waals surface area contributed by atoms with Crippen LogP contribution in [-0.4, -0.2) is 35.6 Å².